The van der Waals surface area contributed by atoms with Crippen molar-refractivity contribution in [1.29, 1.82) is 0 Å². The molecule has 1 unspecified atom stereocenters. The van der Waals surface area contributed by atoms with E-state index in [2.05, 4.69) is 17.9 Å². The molecule has 0 aromatic carbocycles. The number of carbonyl (C=O) groups excluding carboxylic acids is 1. The monoisotopic (exact) mass is 288 g/mol. The van der Waals surface area contributed by atoms with Gasteiger partial charge in [-0.15, -0.1) is 6.58 Å². The molecule has 0 radical (unpaired) electrons. The molecule has 1 atom stereocenters. The lowest BCUT2D eigenvalue weighted by atomic mass is 10.1. The molecule has 0 bridgehead atoms. The van der Waals surface area contributed by atoms with Crippen LogP contribution in [0.15, 0.2) is 25.5 Å². The van der Waals surface area contributed by atoms with Crippen LogP contribution in [0.3, 0.4) is 0 Å². The molecule has 0 amide bonds. The normalized spacial score (nSPS) is 10.2. The van der Waals surface area contributed by atoms with E-state index in [1.165, 1.54) is 0 Å². The summed E-state index contributed by atoms with van der Waals surface area (Å²) in [6.45, 7) is 6.33. The number of ether oxygens (including phenoxy) is 1. The van der Waals surface area contributed by atoms with Crippen LogP contribution in [0.2, 0.25) is 0 Å². The number of aliphatic carboxylic acids is 3. The fourth-order valence-corrected chi connectivity index (χ4v) is 0.820. The molecule has 8 heteroatoms. The molecule has 0 aliphatic carbocycles. The summed E-state index contributed by atoms with van der Waals surface area (Å²) >= 11 is 0. The van der Waals surface area contributed by atoms with Crippen molar-refractivity contribution in [3.05, 3.63) is 25.5 Å². The van der Waals surface area contributed by atoms with Crippen LogP contribution in [0.4, 0.5) is 0 Å². The minimum Gasteiger partial charge on any atom is -0.481 e. The minimum absolute atomic E-state index is 0.110. The molecule has 112 valence electrons. The van der Waals surface area contributed by atoms with E-state index >= 15 is 0 Å². The summed E-state index contributed by atoms with van der Waals surface area (Å²) < 4.78 is 4.25. The largest absolute Gasteiger partial charge is 0.481 e. The van der Waals surface area contributed by atoms with Crippen LogP contribution < -0.4 is 0 Å². The van der Waals surface area contributed by atoms with Crippen molar-refractivity contribution in [3.8, 4) is 0 Å². The van der Waals surface area contributed by atoms with Gasteiger partial charge >= 0.3 is 23.9 Å². The topological polar surface area (TPSA) is 138 Å². The maximum absolute atomic E-state index is 10.4. The molecule has 20 heavy (non-hydrogen) atoms. The number of esters is 1. The number of hydrogen-bond donors (Lipinski definition) is 3. The first-order chi connectivity index (χ1) is 9.24. The Balaban J connectivity index is 0. The third-order valence-electron chi connectivity index (χ3n) is 1.75. The van der Waals surface area contributed by atoms with Crippen LogP contribution in [-0.4, -0.2) is 39.2 Å². The fourth-order valence-electron chi connectivity index (χ4n) is 0.820. The molecule has 3 N–H and O–H groups in total. The molecule has 0 aliphatic rings. The molecule has 0 saturated carbocycles. The molecule has 0 aliphatic heterocycles. The van der Waals surface area contributed by atoms with E-state index in [4.69, 9.17) is 15.3 Å². The number of rotatable bonds is 8. The first kappa shape index (κ1) is 19.7. The van der Waals surface area contributed by atoms with Gasteiger partial charge < -0.3 is 20.1 Å². The maximum Gasteiger partial charge on any atom is 0.311 e. The van der Waals surface area contributed by atoms with Crippen LogP contribution in [0.1, 0.15) is 19.3 Å². The van der Waals surface area contributed by atoms with Crippen molar-refractivity contribution in [2.75, 3.05) is 0 Å². The number of carboxylic acids is 3. The Bertz CT molecular complexity index is 383. The standard InChI is InChI=1S/2C6H8O4/c1-2-10-6(9)4-3-5(7)8;1-2-4(6(9)10)3-5(7)8/h2H,1,3-4H2,(H,7,8);2,4H,1,3H2,(H,7,8)(H,9,10). The molecule has 0 spiro atoms. The molecule has 0 aromatic rings. The van der Waals surface area contributed by atoms with Crippen LogP contribution in [0.25, 0.3) is 0 Å². The van der Waals surface area contributed by atoms with Gasteiger partial charge in [-0.2, -0.15) is 0 Å². The van der Waals surface area contributed by atoms with Crippen molar-refractivity contribution in [2.24, 2.45) is 5.92 Å². The summed E-state index contributed by atoms with van der Waals surface area (Å²) in [5.41, 5.74) is 0. The van der Waals surface area contributed by atoms with Gasteiger partial charge in [0.15, 0.2) is 0 Å². The molecule has 0 rings (SSSR count). The average Bonchev–Trinajstić information content (AvgIpc) is 2.34. The zero-order valence-corrected chi connectivity index (χ0v) is 10.7. The third-order valence-corrected chi connectivity index (χ3v) is 1.75. The molecule has 0 saturated heterocycles. The van der Waals surface area contributed by atoms with Crippen LogP contribution in [0.5, 0.6) is 0 Å². The number of carbonyl (C=O) groups is 4. The van der Waals surface area contributed by atoms with Gasteiger partial charge in [0.1, 0.15) is 0 Å². The Morgan fingerprint density at radius 1 is 1.00 bits per heavy atom. The van der Waals surface area contributed by atoms with Crippen LogP contribution in [0, 0.1) is 5.92 Å². The van der Waals surface area contributed by atoms with E-state index in [1.54, 1.807) is 0 Å². The maximum atomic E-state index is 10.4. The number of hydrogen-bond acceptors (Lipinski definition) is 5. The number of carboxylic acid groups (broad SMARTS) is 3. The van der Waals surface area contributed by atoms with E-state index in [-0.39, 0.29) is 12.8 Å². The smallest absolute Gasteiger partial charge is 0.311 e. The van der Waals surface area contributed by atoms with Crippen molar-refractivity contribution in [3.63, 3.8) is 0 Å². The Hall–Kier alpha value is -2.64. The fraction of sp³-hybridized carbons (Fsp3) is 0.333. The van der Waals surface area contributed by atoms with E-state index in [1.807, 2.05) is 0 Å². The lowest BCUT2D eigenvalue weighted by Gasteiger charge is -2.00. The Labute approximate surface area is 115 Å². The highest BCUT2D eigenvalue weighted by atomic mass is 16.5. The first-order valence-electron chi connectivity index (χ1n) is 5.33. The zero-order valence-electron chi connectivity index (χ0n) is 10.7. The lowest BCUT2D eigenvalue weighted by Crippen LogP contribution is -2.14. The Morgan fingerprint density at radius 2 is 1.55 bits per heavy atom. The van der Waals surface area contributed by atoms with Crippen molar-refractivity contribution in [1.82, 2.24) is 0 Å². The highest BCUT2D eigenvalue weighted by Gasteiger charge is 2.16. The summed E-state index contributed by atoms with van der Waals surface area (Å²) in [4.78, 5) is 40.4. The Morgan fingerprint density at radius 3 is 1.80 bits per heavy atom. The molecular formula is C12H16O8. The highest BCUT2D eigenvalue weighted by Crippen LogP contribution is 2.03. The van der Waals surface area contributed by atoms with E-state index in [9.17, 15) is 19.2 Å². The predicted octanol–water partition coefficient (Wildman–Crippen LogP) is 0.886. The van der Waals surface area contributed by atoms with Gasteiger partial charge in [-0.05, 0) is 0 Å². The van der Waals surface area contributed by atoms with Crippen LogP contribution >= 0.6 is 0 Å². The Kier molecular flexibility index (Phi) is 11.3. The van der Waals surface area contributed by atoms with Gasteiger partial charge in [-0.1, -0.05) is 12.7 Å². The summed E-state index contributed by atoms with van der Waals surface area (Å²) in [6, 6.07) is 0. The second-order valence-electron chi connectivity index (χ2n) is 3.33. The quantitative estimate of drug-likeness (QED) is 0.340. The summed E-state index contributed by atoms with van der Waals surface area (Å²) in [7, 11) is 0. The van der Waals surface area contributed by atoms with Crippen LogP contribution in [-0.2, 0) is 23.9 Å². The van der Waals surface area contributed by atoms with Gasteiger partial charge in [0.2, 0.25) is 0 Å². The summed E-state index contributed by atoms with van der Waals surface area (Å²) in [5, 5.41) is 24.5. The van der Waals surface area contributed by atoms with Crippen molar-refractivity contribution < 1.29 is 39.2 Å². The van der Waals surface area contributed by atoms with E-state index in [0.29, 0.717) is 0 Å². The summed E-state index contributed by atoms with van der Waals surface area (Å²) in [5.74, 6) is -4.85. The second kappa shape index (κ2) is 11.5. The minimum atomic E-state index is -1.16. The summed E-state index contributed by atoms with van der Waals surface area (Å²) in [6.07, 6.45) is 1.37. The molecular weight excluding hydrogens is 272 g/mol. The van der Waals surface area contributed by atoms with Gasteiger partial charge in [0.05, 0.1) is 31.4 Å². The van der Waals surface area contributed by atoms with Gasteiger partial charge in [0, 0.05) is 0 Å². The van der Waals surface area contributed by atoms with E-state index in [0.717, 1.165) is 12.3 Å². The van der Waals surface area contributed by atoms with Crippen molar-refractivity contribution >= 4 is 23.9 Å². The SMILES string of the molecule is C=CC(CC(=O)O)C(=O)O.C=COC(=O)CCC(=O)O. The molecule has 0 fully saturated rings. The molecule has 8 nitrogen and oxygen atoms in total. The predicted molar refractivity (Wildman–Crippen MR) is 66.7 cm³/mol. The molecule has 0 aromatic heterocycles. The van der Waals surface area contributed by atoms with Crippen molar-refractivity contribution in [2.45, 2.75) is 19.3 Å². The van der Waals surface area contributed by atoms with Gasteiger partial charge in [0.25, 0.3) is 0 Å². The zero-order chi connectivity index (χ0) is 16.1. The highest BCUT2D eigenvalue weighted by molar-refractivity contribution is 5.79. The van der Waals surface area contributed by atoms with E-state index < -0.39 is 36.2 Å². The average molecular weight is 288 g/mol. The first-order valence-corrected chi connectivity index (χ1v) is 5.33. The van der Waals surface area contributed by atoms with Gasteiger partial charge in [-0.25, -0.2) is 0 Å². The van der Waals surface area contributed by atoms with Gasteiger partial charge in [-0.3, -0.25) is 19.2 Å². The third kappa shape index (κ3) is 13.4. The second-order valence-corrected chi connectivity index (χ2v) is 3.33. The molecule has 0 heterocycles. The lowest BCUT2D eigenvalue weighted by molar-refractivity contribution is -0.146.